The Morgan fingerprint density at radius 2 is 2.05 bits per heavy atom. The van der Waals surface area contributed by atoms with Crippen LogP contribution in [0.5, 0.6) is 0 Å². The van der Waals surface area contributed by atoms with Gasteiger partial charge in [-0.05, 0) is 31.4 Å². The molecule has 0 unspecified atom stereocenters. The van der Waals surface area contributed by atoms with E-state index in [0.717, 1.165) is 17.0 Å². The Hall–Kier alpha value is -1.20. The van der Waals surface area contributed by atoms with Crippen molar-refractivity contribution in [3.63, 3.8) is 0 Å². The molecule has 0 bridgehead atoms. The minimum absolute atomic E-state index is 0.00804. The summed E-state index contributed by atoms with van der Waals surface area (Å²) in [5.74, 6) is 0. The molecule has 1 aromatic rings. The minimum Gasteiger partial charge on any atom is -0.395 e. The highest BCUT2D eigenvalue weighted by Crippen LogP contribution is 2.38. The van der Waals surface area contributed by atoms with Crippen molar-refractivity contribution in [1.29, 1.82) is 0 Å². The first kappa shape index (κ1) is 17.2. The summed E-state index contributed by atoms with van der Waals surface area (Å²) >= 11 is 1.88. The number of carbonyl (C=O) groups is 1. The highest BCUT2D eigenvalue weighted by molar-refractivity contribution is 8.00. The largest absolute Gasteiger partial charge is 0.395 e. The van der Waals surface area contributed by atoms with E-state index in [2.05, 4.69) is 11.4 Å². The van der Waals surface area contributed by atoms with E-state index in [4.69, 9.17) is 5.11 Å². The summed E-state index contributed by atoms with van der Waals surface area (Å²) in [7, 11) is 0. The standard InChI is InChI=1S/C17H26N2O2S/c1-2-11-19(12-13-20)17(21)18-15-9-5-6-10-16(15)22-14-7-3-4-8-14/h5-6,9-10,14,20H,2-4,7-8,11-13H2,1H3,(H,18,21). The Bertz CT molecular complexity index is 469. The Morgan fingerprint density at radius 1 is 1.32 bits per heavy atom. The fourth-order valence-corrected chi connectivity index (χ4v) is 4.09. The number of carbonyl (C=O) groups excluding carboxylic acids is 1. The number of anilines is 1. The van der Waals surface area contributed by atoms with Crippen LogP contribution in [0.2, 0.25) is 0 Å². The van der Waals surface area contributed by atoms with Crippen molar-refractivity contribution in [2.24, 2.45) is 0 Å². The molecule has 2 N–H and O–H groups in total. The van der Waals surface area contributed by atoms with Crippen molar-refractivity contribution in [3.05, 3.63) is 24.3 Å². The quantitative estimate of drug-likeness (QED) is 0.799. The number of amides is 2. The van der Waals surface area contributed by atoms with Gasteiger partial charge in [0.1, 0.15) is 0 Å². The maximum absolute atomic E-state index is 12.4. The fourth-order valence-electron chi connectivity index (χ4n) is 2.76. The van der Waals surface area contributed by atoms with Crippen LogP contribution in [0, 0.1) is 0 Å². The fraction of sp³-hybridized carbons (Fsp3) is 0.588. The van der Waals surface area contributed by atoms with E-state index in [9.17, 15) is 4.79 Å². The van der Waals surface area contributed by atoms with E-state index in [1.165, 1.54) is 25.7 Å². The molecule has 2 rings (SSSR count). The second-order valence-electron chi connectivity index (χ2n) is 5.66. The molecule has 22 heavy (non-hydrogen) atoms. The second-order valence-corrected chi connectivity index (χ2v) is 7.00. The van der Waals surface area contributed by atoms with E-state index in [1.54, 1.807) is 4.90 Å². The normalized spacial score (nSPS) is 15.0. The number of urea groups is 1. The Balaban J connectivity index is 2.02. The number of aliphatic hydroxyl groups is 1. The Kier molecular flexibility index (Phi) is 7.06. The lowest BCUT2D eigenvalue weighted by Crippen LogP contribution is -2.37. The average Bonchev–Trinajstić information content (AvgIpc) is 3.02. The van der Waals surface area contributed by atoms with Crippen molar-refractivity contribution in [1.82, 2.24) is 4.90 Å². The van der Waals surface area contributed by atoms with Crippen molar-refractivity contribution in [3.8, 4) is 0 Å². The van der Waals surface area contributed by atoms with Crippen LogP contribution in [0.25, 0.3) is 0 Å². The lowest BCUT2D eigenvalue weighted by molar-refractivity contribution is 0.188. The molecule has 1 aromatic carbocycles. The van der Waals surface area contributed by atoms with Gasteiger partial charge in [0.15, 0.2) is 0 Å². The molecule has 1 aliphatic rings. The molecule has 0 aliphatic heterocycles. The summed E-state index contributed by atoms with van der Waals surface area (Å²) in [6, 6.07) is 7.87. The maximum atomic E-state index is 12.4. The summed E-state index contributed by atoms with van der Waals surface area (Å²) in [6.07, 6.45) is 6.03. The molecular weight excluding hydrogens is 296 g/mol. The minimum atomic E-state index is -0.129. The van der Waals surface area contributed by atoms with Gasteiger partial charge < -0.3 is 15.3 Å². The highest BCUT2D eigenvalue weighted by atomic mass is 32.2. The summed E-state index contributed by atoms with van der Waals surface area (Å²) < 4.78 is 0. The Labute approximate surface area is 137 Å². The van der Waals surface area contributed by atoms with Gasteiger partial charge in [-0.2, -0.15) is 0 Å². The first-order valence-corrected chi connectivity index (χ1v) is 9.05. The third kappa shape index (κ3) is 4.92. The van der Waals surface area contributed by atoms with E-state index in [-0.39, 0.29) is 12.6 Å². The topological polar surface area (TPSA) is 52.6 Å². The lowest BCUT2D eigenvalue weighted by Gasteiger charge is -2.22. The van der Waals surface area contributed by atoms with E-state index < -0.39 is 0 Å². The molecule has 0 aromatic heterocycles. The van der Waals surface area contributed by atoms with Gasteiger partial charge in [-0.3, -0.25) is 0 Å². The van der Waals surface area contributed by atoms with Crippen molar-refractivity contribution < 1.29 is 9.90 Å². The van der Waals surface area contributed by atoms with Crippen LogP contribution in [0.4, 0.5) is 10.5 Å². The molecule has 0 radical (unpaired) electrons. The number of thioether (sulfide) groups is 1. The van der Waals surface area contributed by atoms with Crippen molar-refractivity contribution in [2.45, 2.75) is 49.2 Å². The van der Waals surface area contributed by atoms with Gasteiger partial charge >= 0.3 is 6.03 Å². The zero-order valence-corrected chi connectivity index (χ0v) is 14.1. The number of aliphatic hydroxyl groups excluding tert-OH is 1. The van der Waals surface area contributed by atoms with Gasteiger partial charge in [-0.25, -0.2) is 4.79 Å². The van der Waals surface area contributed by atoms with Crippen LogP contribution in [0.1, 0.15) is 39.0 Å². The maximum Gasteiger partial charge on any atom is 0.321 e. The molecule has 0 atom stereocenters. The molecule has 1 fully saturated rings. The molecular formula is C17H26N2O2S. The predicted molar refractivity (Wildman–Crippen MR) is 92.5 cm³/mol. The number of benzene rings is 1. The summed E-state index contributed by atoms with van der Waals surface area (Å²) in [4.78, 5) is 15.2. The summed E-state index contributed by atoms with van der Waals surface area (Å²) in [6.45, 7) is 3.05. The average molecular weight is 322 g/mol. The molecule has 0 spiro atoms. The van der Waals surface area contributed by atoms with Gasteiger partial charge in [0.05, 0.1) is 12.3 Å². The van der Waals surface area contributed by atoms with Gasteiger partial charge in [0.25, 0.3) is 0 Å². The monoisotopic (exact) mass is 322 g/mol. The lowest BCUT2D eigenvalue weighted by atomic mass is 10.3. The summed E-state index contributed by atoms with van der Waals surface area (Å²) in [5, 5.41) is 12.8. The number of hydrogen-bond acceptors (Lipinski definition) is 3. The van der Waals surface area contributed by atoms with Gasteiger partial charge in [0.2, 0.25) is 0 Å². The number of nitrogens with one attached hydrogen (secondary N) is 1. The first-order chi connectivity index (χ1) is 10.7. The zero-order chi connectivity index (χ0) is 15.8. The SMILES string of the molecule is CCCN(CCO)C(=O)Nc1ccccc1SC1CCCC1. The third-order valence-electron chi connectivity index (χ3n) is 3.88. The van der Waals surface area contributed by atoms with Gasteiger partial charge in [-0.1, -0.05) is 31.9 Å². The van der Waals surface area contributed by atoms with Crippen LogP contribution in [0.3, 0.4) is 0 Å². The van der Waals surface area contributed by atoms with Gasteiger partial charge in [0, 0.05) is 23.2 Å². The second kappa shape index (κ2) is 9.06. The first-order valence-electron chi connectivity index (χ1n) is 8.17. The highest BCUT2D eigenvalue weighted by Gasteiger charge is 2.19. The smallest absolute Gasteiger partial charge is 0.321 e. The molecule has 4 nitrogen and oxygen atoms in total. The van der Waals surface area contributed by atoms with Crippen molar-refractivity contribution in [2.75, 3.05) is 25.0 Å². The van der Waals surface area contributed by atoms with Crippen molar-refractivity contribution >= 4 is 23.5 Å². The summed E-state index contributed by atoms with van der Waals surface area (Å²) in [5.41, 5.74) is 0.878. The zero-order valence-electron chi connectivity index (χ0n) is 13.3. The van der Waals surface area contributed by atoms with E-state index in [1.807, 2.05) is 36.9 Å². The molecule has 122 valence electrons. The molecule has 1 aliphatic carbocycles. The molecule has 1 saturated carbocycles. The van der Waals surface area contributed by atoms with E-state index >= 15 is 0 Å². The Morgan fingerprint density at radius 3 is 2.73 bits per heavy atom. The predicted octanol–water partition coefficient (Wildman–Crippen LogP) is 3.96. The number of para-hydroxylation sites is 1. The van der Waals surface area contributed by atoms with Crippen LogP contribution < -0.4 is 5.32 Å². The van der Waals surface area contributed by atoms with Gasteiger partial charge in [-0.15, -0.1) is 11.8 Å². The van der Waals surface area contributed by atoms with Crippen LogP contribution in [0.15, 0.2) is 29.2 Å². The molecule has 0 heterocycles. The molecule has 0 saturated heterocycles. The number of hydrogen-bond donors (Lipinski definition) is 2. The molecule has 2 amide bonds. The van der Waals surface area contributed by atoms with Crippen LogP contribution >= 0.6 is 11.8 Å². The van der Waals surface area contributed by atoms with Crippen LogP contribution in [-0.4, -0.2) is 41.0 Å². The third-order valence-corrected chi connectivity index (χ3v) is 5.29. The van der Waals surface area contributed by atoms with E-state index in [0.29, 0.717) is 18.3 Å². The van der Waals surface area contributed by atoms with Crippen LogP contribution in [-0.2, 0) is 0 Å². The number of nitrogens with zero attached hydrogens (tertiary/aromatic N) is 1. The molecule has 5 heteroatoms. The number of rotatable bonds is 7.